The molecule has 2 rings (SSSR count). The van der Waals surface area contributed by atoms with Crippen molar-refractivity contribution in [1.29, 1.82) is 0 Å². The molecule has 0 aliphatic rings. The molecule has 7 nitrogen and oxygen atoms in total. The average Bonchev–Trinajstić information content (AvgIpc) is 2.94. The number of carbonyl (C=O) groups is 1. The highest BCUT2D eigenvalue weighted by atomic mass is 35.5. The van der Waals surface area contributed by atoms with Crippen LogP contribution in [0.1, 0.15) is 10.4 Å². The molecule has 0 aliphatic carbocycles. The molecule has 0 bridgehead atoms. The number of carbonyl (C=O) groups excluding carboxylic acids is 1. The minimum absolute atomic E-state index is 0.119. The van der Waals surface area contributed by atoms with Gasteiger partial charge in [-0.15, -0.1) is 11.3 Å². The third kappa shape index (κ3) is 3.49. The van der Waals surface area contributed by atoms with Crippen molar-refractivity contribution in [2.45, 2.75) is 5.03 Å². The molecule has 0 radical (unpaired) electrons. The van der Waals surface area contributed by atoms with Crippen molar-refractivity contribution in [2.75, 3.05) is 18.9 Å². The van der Waals surface area contributed by atoms with Gasteiger partial charge in [0.25, 0.3) is 10.0 Å². The second kappa shape index (κ2) is 6.51. The second-order valence-electron chi connectivity index (χ2n) is 3.95. The number of methoxy groups -OCH3 is 2. The Morgan fingerprint density at radius 1 is 1.36 bits per heavy atom. The molecular weight excluding hydrogens is 352 g/mol. The molecule has 2 aromatic rings. The number of aromatic nitrogens is 1. The summed E-state index contributed by atoms with van der Waals surface area (Å²) in [4.78, 5) is 15.2. The minimum atomic E-state index is -3.90. The Morgan fingerprint density at radius 3 is 2.64 bits per heavy atom. The van der Waals surface area contributed by atoms with E-state index in [-0.39, 0.29) is 26.5 Å². The van der Waals surface area contributed by atoms with E-state index in [4.69, 9.17) is 16.3 Å². The molecule has 0 spiro atoms. The third-order valence-corrected chi connectivity index (χ3v) is 4.97. The first-order valence-electron chi connectivity index (χ1n) is 5.77. The second-order valence-corrected chi connectivity index (χ2v) is 7.02. The van der Waals surface area contributed by atoms with Gasteiger partial charge in [0.15, 0.2) is 9.49 Å². The van der Waals surface area contributed by atoms with Crippen LogP contribution in [0.15, 0.2) is 28.6 Å². The van der Waals surface area contributed by atoms with Crippen molar-refractivity contribution in [3.63, 3.8) is 0 Å². The fourth-order valence-corrected chi connectivity index (χ4v) is 3.74. The first kappa shape index (κ1) is 16.5. The van der Waals surface area contributed by atoms with Crippen LogP contribution in [-0.4, -0.2) is 33.6 Å². The van der Waals surface area contributed by atoms with Gasteiger partial charge in [0.2, 0.25) is 0 Å². The Bertz CT molecular complexity index is 804. The summed E-state index contributed by atoms with van der Waals surface area (Å²) in [5, 5.41) is 1.13. The monoisotopic (exact) mass is 362 g/mol. The van der Waals surface area contributed by atoms with E-state index in [1.54, 1.807) is 0 Å². The molecule has 1 aromatic heterocycles. The molecule has 0 aliphatic heterocycles. The van der Waals surface area contributed by atoms with Gasteiger partial charge in [-0.2, -0.15) is 8.42 Å². The smallest absolute Gasteiger partial charge is 0.337 e. The number of esters is 1. The molecule has 1 heterocycles. The molecule has 0 amide bonds. The fraction of sp³-hybridized carbons (Fsp3) is 0.167. The molecule has 0 saturated carbocycles. The number of hydrogen-bond acceptors (Lipinski definition) is 7. The molecule has 10 heteroatoms. The van der Waals surface area contributed by atoms with E-state index >= 15 is 0 Å². The van der Waals surface area contributed by atoms with E-state index in [1.807, 2.05) is 0 Å². The lowest BCUT2D eigenvalue weighted by Gasteiger charge is -2.11. The summed E-state index contributed by atoms with van der Waals surface area (Å²) in [6.07, 6.45) is 0. The summed E-state index contributed by atoms with van der Waals surface area (Å²) < 4.78 is 36.5. The number of benzene rings is 1. The van der Waals surface area contributed by atoms with Gasteiger partial charge in [0, 0.05) is 5.38 Å². The maximum atomic E-state index is 12.2. The molecule has 1 N–H and O–H groups in total. The SMILES string of the molecule is COC(=O)c1ccc(NS(=O)(=O)c2csc(Cl)n2)c(OC)c1. The zero-order valence-corrected chi connectivity index (χ0v) is 13.9. The third-order valence-electron chi connectivity index (χ3n) is 2.60. The van der Waals surface area contributed by atoms with Crippen LogP contribution in [0.2, 0.25) is 4.47 Å². The number of hydrogen-bond donors (Lipinski definition) is 1. The Kier molecular flexibility index (Phi) is 4.89. The molecule has 0 saturated heterocycles. The number of sulfonamides is 1. The first-order chi connectivity index (χ1) is 10.4. The summed E-state index contributed by atoms with van der Waals surface area (Å²) >= 11 is 6.64. The van der Waals surface area contributed by atoms with Crippen molar-refractivity contribution in [3.05, 3.63) is 33.6 Å². The molecule has 22 heavy (non-hydrogen) atoms. The summed E-state index contributed by atoms with van der Waals surface area (Å²) in [5.41, 5.74) is 0.401. The number of nitrogens with zero attached hydrogens (tertiary/aromatic N) is 1. The van der Waals surface area contributed by atoms with E-state index in [0.29, 0.717) is 0 Å². The predicted molar refractivity (Wildman–Crippen MR) is 82.3 cm³/mol. The first-order valence-corrected chi connectivity index (χ1v) is 8.51. The number of anilines is 1. The Labute approximate surface area is 135 Å². The van der Waals surface area contributed by atoms with Gasteiger partial charge in [-0.3, -0.25) is 4.72 Å². The minimum Gasteiger partial charge on any atom is -0.495 e. The van der Waals surface area contributed by atoms with Gasteiger partial charge in [0.1, 0.15) is 5.75 Å². The largest absolute Gasteiger partial charge is 0.495 e. The van der Waals surface area contributed by atoms with Gasteiger partial charge < -0.3 is 9.47 Å². The highest BCUT2D eigenvalue weighted by Crippen LogP contribution is 2.29. The van der Waals surface area contributed by atoms with E-state index in [9.17, 15) is 13.2 Å². The Balaban J connectivity index is 2.35. The molecular formula is C12H11ClN2O5S2. The van der Waals surface area contributed by atoms with Crippen LogP contribution in [0.25, 0.3) is 0 Å². The van der Waals surface area contributed by atoms with E-state index in [2.05, 4.69) is 14.4 Å². The van der Waals surface area contributed by atoms with Gasteiger partial charge in [0.05, 0.1) is 25.5 Å². The van der Waals surface area contributed by atoms with E-state index < -0.39 is 16.0 Å². The van der Waals surface area contributed by atoms with Crippen LogP contribution in [0, 0.1) is 0 Å². The van der Waals surface area contributed by atoms with Gasteiger partial charge in [-0.1, -0.05) is 11.6 Å². The fourth-order valence-electron chi connectivity index (χ4n) is 1.58. The topological polar surface area (TPSA) is 94.6 Å². The van der Waals surface area contributed by atoms with Crippen molar-refractivity contribution >= 4 is 44.6 Å². The highest BCUT2D eigenvalue weighted by molar-refractivity contribution is 7.92. The van der Waals surface area contributed by atoms with Crippen molar-refractivity contribution in [3.8, 4) is 5.75 Å². The van der Waals surface area contributed by atoms with Crippen LogP contribution in [0.4, 0.5) is 5.69 Å². The maximum absolute atomic E-state index is 12.2. The van der Waals surface area contributed by atoms with Crippen LogP contribution >= 0.6 is 22.9 Å². The average molecular weight is 363 g/mol. The Hall–Kier alpha value is -1.84. The zero-order valence-electron chi connectivity index (χ0n) is 11.5. The quantitative estimate of drug-likeness (QED) is 0.820. The number of halogens is 1. The van der Waals surface area contributed by atoms with Gasteiger partial charge >= 0.3 is 5.97 Å². The molecule has 0 unspecified atom stereocenters. The van der Waals surface area contributed by atoms with Crippen molar-refractivity contribution < 1.29 is 22.7 Å². The summed E-state index contributed by atoms with van der Waals surface area (Å²) in [6, 6.07) is 4.19. The van der Waals surface area contributed by atoms with E-state index in [0.717, 1.165) is 11.3 Å². The summed E-state index contributed by atoms with van der Waals surface area (Å²) in [6.45, 7) is 0. The van der Waals surface area contributed by atoms with Crippen LogP contribution < -0.4 is 9.46 Å². The maximum Gasteiger partial charge on any atom is 0.337 e. The summed E-state index contributed by atoms with van der Waals surface area (Å²) in [7, 11) is -1.29. The number of ether oxygens (including phenoxy) is 2. The van der Waals surface area contributed by atoms with Crippen molar-refractivity contribution in [1.82, 2.24) is 4.98 Å². The van der Waals surface area contributed by atoms with Crippen LogP contribution in [-0.2, 0) is 14.8 Å². The van der Waals surface area contributed by atoms with Gasteiger partial charge in [-0.25, -0.2) is 9.78 Å². The lowest BCUT2D eigenvalue weighted by atomic mass is 10.2. The molecule has 0 fully saturated rings. The molecule has 0 atom stereocenters. The summed E-state index contributed by atoms with van der Waals surface area (Å²) in [5.74, 6) is -0.383. The van der Waals surface area contributed by atoms with Crippen LogP contribution in [0.5, 0.6) is 5.75 Å². The predicted octanol–water partition coefficient (Wildman–Crippen LogP) is 2.39. The zero-order chi connectivity index (χ0) is 16.3. The number of nitrogens with one attached hydrogen (secondary N) is 1. The number of thiazole rings is 1. The normalized spacial score (nSPS) is 11.0. The molecule has 1 aromatic carbocycles. The highest BCUT2D eigenvalue weighted by Gasteiger charge is 2.20. The van der Waals surface area contributed by atoms with E-state index in [1.165, 1.54) is 37.8 Å². The standard InChI is InChI=1S/C12H11ClN2O5S2/c1-19-9-5-7(11(16)20-2)3-4-8(9)15-22(17,18)10-6-21-12(13)14-10/h3-6,15H,1-2H3. The van der Waals surface area contributed by atoms with Crippen LogP contribution in [0.3, 0.4) is 0 Å². The lowest BCUT2D eigenvalue weighted by Crippen LogP contribution is -2.14. The van der Waals surface area contributed by atoms with Gasteiger partial charge in [-0.05, 0) is 18.2 Å². The number of rotatable bonds is 5. The Morgan fingerprint density at radius 2 is 2.09 bits per heavy atom. The molecule has 118 valence electrons. The van der Waals surface area contributed by atoms with Crippen molar-refractivity contribution in [2.24, 2.45) is 0 Å². The lowest BCUT2D eigenvalue weighted by molar-refractivity contribution is 0.0600.